The van der Waals surface area contributed by atoms with Crippen molar-refractivity contribution in [2.75, 3.05) is 11.9 Å². The van der Waals surface area contributed by atoms with Crippen LogP contribution in [0.25, 0.3) is 0 Å². The molecule has 0 radical (unpaired) electrons. The van der Waals surface area contributed by atoms with Gasteiger partial charge in [-0.15, -0.1) is 0 Å². The summed E-state index contributed by atoms with van der Waals surface area (Å²) in [6.07, 6.45) is 10.7. The van der Waals surface area contributed by atoms with E-state index in [1.807, 2.05) is 0 Å². The summed E-state index contributed by atoms with van der Waals surface area (Å²) in [6, 6.07) is 0. The minimum atomic E-state index is 0.991. The molecule has 3 heteroatoms. The van der Waals surface area contributed by atoms with Crippen molar-refractivity contribution in [1.82, 2.24) is 9.97 Å². The molecular formula is C13H19N3. The van der Waals surface area contributed by atoms with E-state index in [9.17, 15) is 0 Å². The van der Waals surface area contributed by atoms with Gasteiger partial charge in [0.15, 0.2) is 0 Å². The van der Waals surface area contributed by atoms with Gasteiger partial charge in [-0.2, -0.15) is 0 Å². The van der Waals surface area contributed by atoms with Crippen molar-refractivity contribution < 1.29 is 0 Å². The first kappa shape index (κ1) is 10.1. The highest BCUT2D eigenvalue weighted by Crippen LogP contribution is 2.32. The van der Waals surface area contributed by atoms with Crippen molar-refractivity contribution in [2.45, 2.75) is 44.9 Å². The van der Waals surface area contributed by atoms with Gasteiger partial charge in [-0.3, -0.25) is 0 Å². The Bertz CT molecular complexity index is 371. The summed E-state index contributed by atoms with van der Waals surface area (Å²) >= 11 is 0. The van der Waals surface area contributed by atoms with Gasteiger partial charge in [-0.1, -0.05) is 12.8 Å². The minimum Gasteiger partial charge on any atom is -0.370 e. The summed E-state index contributed by atoms with van der Waals surface area (Å²) in [5, 5.41) is 3.49. The maximum atomic E-state index is 4.39. The number of nitrogens with one attached hydrogen (secondary N) is 1. The van der Waals surface area contributed by atoms with Gasteiger partial charge in [0, 0.05) is 17.8 Å². The van der Waals surface area contributed by atoms with Crippen LogP contribution in [0.3, 0.4) is 0 Å². The van der Waals surface area contributed by atoms with Crippen molar-refractivity contribution in [2.24, 2.45) is 5.92 Å². The summed E-state index contributed by atoms with van der Waals surface area (Å²) in [4.78, 5) is 8.77. The van der Waals surface area contributed by atoms with E-state index in [0.717, 1.165) is 31.1 Å². The second-order valence-corrected chi connectivity index (χ2v) is 5.01. The van der Waals surface area contributed by atoms with E-state index in [1.165, 1.54) is 43.4 Å². The Kier molecular flexibility index (Phi) is 2.77. The first-order valence-electron chi connectivity index (χ1n) is 6.50. The van der Waals surface area contributed by atoms with Crippen LogP contribution in [0.1, 0.15) is 43.4 Å². The van der Waals surface area contributed by atoms with Gasteiger partial charge >= 0.3 is 0 Å². The van der Waals surface area contributed by atoms with Crippen molar-refractivity contribution in [3.8, 4) is 0 Å². The van der Waals surface area contributed by atoms with E-state index in [2.05, 4.69) is 15.3 Å². The zero-order chi connectivity index (χ0) is 10.8. The minimum absolute atomic E-state index is 0.991. The zero-order valence-corrected chi connectivity index (χ0v) is 9.71. The van der Waals surface area contributed by atoms with Crippen LogP contribution in [0.15, 0.2) is 6.33 Å². The number of aryl methyl sites for hydroxylation is 1. The third kappa shape index (κ3) is 2.18. The van der Waals surface area contributed by atoms with Gasteiger partial charge in [-0.25, -0.2) is 9.97 Å². The molecule has 3 rings (SSSR count). The maximum Gasteiger partial charge on any atom is 0.132 e. The fourth-order valence-electron chi connectivity index (χ4n) is 2.47. The maximum absolute atomic E-state index is 4.39. The van der Waals surface area contributed by atoms with Crippen molar-refractivity contribution in [3.63, 3.8) is 0 Å². The summed E-state index contributed by atoms with van der Waals surface area (Å²) in [6.45, 7) is 1.08. The molecule has 86 valence electrons. The van der Waals surface area contributed by atoms with E-state index in [-0.39, 0.29) is 0 Å². The van der Waals surface area contributed by atoms with Gasteiger partial charge in [0.05, 0.1) is 0 Å². The van der Waals surface area contributed by atoms with Gasteiger partial charge in [-0.05, 0) is 38.0 Å². The first-order valence-corrected chi connectivity index (χ1v) is 6.50. The molecule has 1 aromatic heterocycles. The molecule has 0 spiro atoms. The van der Waals surface area contributed by atoms with Gasteiger partial charge < -0.3 is 5.32 Å². The lowest BCUT2D eigenvalue weighted by Crippen LogP contribution is -2.13. The molecule has 0 aromatic carbocycles. The van der Waals surface area contributed by atoms with Gasteiger partial charge in [0.1, 0.15) is 12.1 Å². The highest BCUT2D eigenvalue weighted by atomic mass is 15.0. The molecule has 0 bridgehead atoms. The molecule has 3 nitrogen and oxygen atoms in total. The fraction of sp³-hybridized carbons (Fsp3) is 0.692. The Hall–Kier alpha value is -1.12. The molecule has 2 aliphatic carbocycles. The van der Waals surface area contributed by atoms with Crippen LogP contribution < -0.4 is 5.32 Å². The second kappa shape index (κ2) is 4.40. The largest absolute Gasteiger partial charge is 0.370 e. The van der Waals surface area contributed by atoms with Crippen LogP contribution in [0.2, 0.25) is 0 Å². The van der Waals surface area contributed by atoms with Crippen molar-refractivity contribution >= 4 is 5.82 Å². The van der Waals surface area contributed by atoms with Crippen LogP contribution in [0.5, 0.6) is 0 Å². The molecule has 0 amide bonds. The van der Waals surface area contributed by atoms with Crippen molar-refractivity contribution in [3.05, 3.63) is 17.6 Å². The number of hydrogen-bond acceptors (Lipinski definition) is 3. The highest BCUT2D eigenvalue weighted by Gasteiger charge is 2.21. The fourth-order valence-corrected chi connectivity index (χ4v) is 2.47. The summed E-state index contributed by atoms with van der Waals surface area (Å²) in [7, 11) is 0. The number of hydrogen-bond donors (Lipinski definition) is 1. The normalized spacial score (nSPS) is 19.2. The topological polar surface area (TPSA) is 37.8 Å². The van der Waals surface area contributed by atoms with Gasteiger partial charge in [0.2, 0.25) is 0 Å². The number of rotatable bonds is 4. The lowest BCUT2D eigenvalue weighted by Gasteiger charge is -2.17. The van der Waals surface area contributed by atoms with Crippen LogP contribution in [-0.4, -0.2) is 16.5 Å². The quantitative estimate of drug-likeness (QED) is 0.842. The molecule has 1 fully saturated rings. The molecule has 0 unspecified atom stereocenters. The van der Waals surface area contributed by atoms with E-state index >= 15 is 0 Å². The van der Waals surface area contributed by atoms with Crippen molar-refractivity contribution in [1.29, 1.82) is 0 Å². The lowest BCUT2D eigenvalue weighted by molar-refractivity contribution is 0.661. The predicted octanol–water partition coefficient (Wildman–Crippen LogP) is 2.57. The monoisotopic (exact) mass is 217 g/mol. The first-order chi connectivity index (χ1) is 7.93. The Balaban J connectivity index is 1.67. The average Bonchev–Trinajstić information content (AvgIpc) is 3.13. The summed E-state index contributed by atoms with van der Waals surface area (Å²) in [5.74, 6) is 2.09. The molecule has 1 N–H and O–H groups in total. The Morgan fingerprint density at radius 3 is 2.94 bits per heavy atom. The molecule has 0 saturated heterocycles. The third-order valence-electron chi connectivity index (χ3n) is 3.67. The van der Waals surface area contributed by atoms with E-state index in [1.54, 1.807) is 6.33 Å². The van der Waals surface area contributed by atoms with E-state index in [0.29, 0.717) is 0 Å². The SMILES string of the molecule is c1nc2c(c(NCCC3CC3)n1)CCCC2. The Morgan fingerprint density at radius 1 is 1.19 bits per heavy atom. The van der Waals surface area contributed by atoms with Crippen LogP contribution in [-0.2, 0) is 12.8 Å². The molecular weight excluding hydrogens is 198 g/mol. The highest BCUT2D eigenvalue weighted by molar-refractivity contribution is 5.46. The lowest BCUT2D eigenvalue weighted by atomic mass is 9.96. The average molecular weight is 217 g/mol. The van der Waals surface area contributed by atoms with Crippen LogP contribution in [0.4, 0.5) is 5.82 Å². The van der Waals surface area contributed by atoms with Crippen LogP contribution in [0, 0.1) is 5.92 Å². The number of fused-ring (bicyclic) bond motifs is 1. The molecule has 1 saturated carbocycles. The number of aromatic nitrogens is 2. The zero-order valence-electron chi connectivity index (χ0n) is 9.71. The molecule has 1 aromatic rings. The molecule has 0 atom stereocenters. The molecule has 2 aliphatic rings. The van der Waals surface area contributed by atoms with E-state index in [4.69, 9.17) is 0 Å². The standard InChI is InChI=1S/C13H19N3/c1-2-4-12-11(3-1)13(16-9-15-12)14-8-7-10-5-6-10/h9-10H,1-8H2,(H,14,15,16). The van der Waals surface area contributed by atoms with Gasteiger partial charge in [0.25, 0.3) is 0 Å². The third-order valence-corrected chi connectivity index (χ3v) is 3.67. The molecule has 0 aliphatic heterocycles. The summed E-state index contributed by atoms with van der Waals surface area (Å²) < 4.78 is 0. The van der Waals surface area contributed by atoms with Crippen LogP contribution >= 0.6 is 0 Å². The Morgan fingerprint density at radius 2 is 2.06 bits per heavy atom. The van der Waals surface area contributed by atoms with E-state index < -0.39 is 0 Å². The predicted molar refractivity (Wildman–Crippen MR) is 64.5 cm³/mol. The molecule has 16 heavy (non-hydrogen) atoms. The summed E-state index contributed by atoms with van der Waals surface area (Å²) in [5.41, 5.74) is 2.65. The molecule has 1 heterocycles. The number of anilines is 1. The number of nitrogens with zero attached hydrogens (tertiary/aromatic N) is 2. The smallest absolute Gasteiger partial charge is 0.132 e. The Labute approximate surface area is 96.7 Å². The second-order valence-electron chi connectivity index (χ2n) is 5.01.